The molecule has 2 aromatic rings. The van der Waals surface area contributed by atoms with Gasteiger partial charge in [0.2, 0.25) is 0 Å². The van der Waals surface area contributed by atoms with Crippen molar-refractivity contribution < 1.29 is 29.0 Å². The Kier molecular flexibility index (Phi) is 5.45. The highest BCUT2D eigenvalue weighted by molar-refractivity contribution is 6.39. The monoisotopic (exact) mass is 393 g/mol. The van der Waals surface area contributed by atoms with Crippen LogP contribution in [0.25, 0.3) is 6.08 Å². The second kappa shape index (κ2) is 7.97. The van der Waals surface area contributed by atoms with E-state index in [1.807, 2.05) is 13.0 Å². The first kappa shape index (κ1) is 19.8. The lowest BCUT2D eigenvalue weighted by Gasteiger charge is -2.26. The summed E-state index contributed by atoms with van der Waals surface area (Å²) >= 11 is 0. The minimum absolute atomic E-state index is 0.206. The number of hydrogen-bond donors (Lipinski definition) is 1. The van der Waals surface area contributed by atoms with Gasteiger partial charge in [0.25, 0.3) is 11.8 Å². The smallest absolute Gasteiger partial charge is 0.335 e. The highest BCUT2D eigenvalue weighted by atomic mass is 16.5. The summed E-state index contributed by atoms with van der Waals surface area (Å²) < 4.78 is 5.18. The van der Waals surface area contributed by atoms with Crippen LogP contribution in [0.3, 0.4) is 0 Å². The molecule has 2 aromatic carbocycles. The summed E-state index contributed by atoms with van der Waals surface area (Å²) in [6, 6.07) is 12.1. The Morgan fingerprint density at radius 1 is 1.14 bits per heavy atom. The number of aliphatic carboxylic acids is 1. The number of urea groups is 1. The van der Waals surface area contributed by atoms with E-state index >= 15 is 0 Å². The lowest BCUT2D eigenvalue weighted by atomic mass is 10.1. The highest BCUT2D eigenvalue weighted by Gasteiger charge is 2.36. The zero-order valence-electron chi connectivity index (χ0n) is 15.7. The number of carboxylic acid groups (broad SMARTS) is 1. The predicted molar refractivity (Wildman–Crippen MR) is 102 cm³/mol. The molecule has 8 heteroatoms. The summed E-state index contributed by atoms with van der Waals surface area (Å²) in [6.45, 7) is 3.16. The van der Waals surface area contributed by atoms with Crippen molar-refractivity contribution >= 4 is 35.6 Å². The average molecular weight is 393 g/mol. The van der Waals surface area contributed by atoms with Crippen LogP contribution in [0.4, 0.5) is 10.5 Å². The summed E-state index contributed by atoms with van der Waals surface area (Å²) in [4.78, 5) is 48.9. The molecule has 3 rings (SSSR count). The van der Waals surface area contributed by atoms with Crippen molar-refractivity contribution in [3.05, 3.63) is 65.2 Å². The Morgan fingerprint density at radius 3 is 2.45 bits per heavy atom. The van der Waals surface area contributed by atoms with Gasteiger partial charge < -0.3 is 14.6 Å². The van der Waals surface area contributed by atoms with Gasteiger partial charge in [-0.2, -0.15) is 0 Å². The van der Waals surface area contributed by atoms with E-state index in [1.54, 1.807) is 30.3 Å². The lowest BCUT2D eigenvalue weighted by molar-refractivity contribution is -0.312. The number of aryl methyl sites for hydroxylation is 1. The zero-order chi connectivity index (χ0) is 21.1. The number of hydrogen-bond acceptors (Lipinski definition) is 6. The highest BCUT2D eigenvalue weighted by Crippen LogP contribution is 2.23. The van der Waals surface area contributed by atoms with E-state index in [0.717, 1.165) is 10.5 Å². The molecule has 0 spiro atoms. The first-order valence-electron chi connectivity index (χ1n) is 8.72. The maximum atomic E-state index is 12.8. The molecule has 1 saturated heterocycles. The van der Waals surface area contributed by atoms with Gasteiger partial charge in [0, 0.05) is 0 Å². The summed E-state index contributed by atoms with van der Waals surface area (Å²) in [5.41, 5.74) is 1.50. The fraction of sp³-hybridized carbons (Fsp3) is 0.143. The maximum Gasteiger partial charge on any atom is 0.335 e. The van der Waals surface area contributed by atoms with Crippen LogP contribution in [0.5, 0.6) is 5.75 Å². The molecular weight excluding hydrogens is 376 g/mol. The number of ether oxygens (including phenoxy) is 1. The lowest BCUT2D eigenvalue weighted by Crippen LogP contribution is -2.54. The summed E-state index contributed by atoms with van der Waals surface area (Å²) in [5.74, 6) is -2.59. The van der Waals surface area contributed by atoms with Crippen LogP contribution in [0.2, 0.25) is 0 Å². The normalized spacial score (nSPS) is 16.6. The Labute approximate surface area is 166 Å². The summed E-state index contributed by atoms with van der Waals surface area (Å²) in [6.07, 6.45) is 0.220. The standard InChI is InChI=1S/C21H18N2O6/c1-12-4-3-5-15(10-12)23-19(25)17(18(24)22-21(23)28)11-14-6-8-16(9-7-14)29-13(2)20(26)27/h3-11,13H,1-2H3,(H,26,27)(H,22,24,28)/p-1/b17-11-/t13-/m0/s1. The third kappa shape index (κ3) is 4.32. The fourth-order valence-corrected chi connectivity index (χ4v) is 2.72. The fourth-order valence-electron chi connectivity index (χ4n) is 2.72. The number of benzene rings is 2. The minimum Gasteiger partial charge on any atom is -0.546 e. The SMILES string of the molecule is Cc1cccc(N2C(=O)NC(=O)/C(=C/c3ccc(O[C@@H](C)C(=O)[O-])cc3)C2=O)c1. The molecule has 1 fully saturated rings. The van der Waals surface area contributed by atoms with Crippen LogP contribution in [-0.2, 0) is 14.4 Å². The van der Waals surface area contributed by atoms with Gasteiger partial charge >= 0.3 is 6.03 Å². The minimum atomic E-state index is -1.35. The first-order chi connectivity index (χ1) is 13.8. The summed E-state index contributed by atoms with van der Waals surface area (Å²) in [7, 11) is 0. The van der Waals surface area contributed by atoms with Gasteiger partial charge in [-0.05, 0) is 55.3 Å². The number of carboxylic acids is 1. The van der Waals surface area contributed by atoms with Crippen LogP contribution < -0.4 is 20.1 Å². The van der Waals surface area contributed by atoms with E-state index in [1.165, 1.54) is 25.1 Å². The van der Waals surface area contributed by atoms with E-state index in [4.69, 9.17) is 4.74 Å². The number of amides is 4. The van der Waals surface area contributed by atoms with E-state index in [9.17, 15) is 24.3 Å². The molecule has 0 unspecified atom stereocenters. The molecule has 29 heavy (non-hydrogen) atoms. The number of carbonyl (C=O) groups excluding carboxylic acids is 4. The Balaban J connectivity index is 1.87. The van der Waals surface area contributed by atoms with Crippen LogP contribution in [0, 0.1) is 6.92 Å². The van der Waals surface area contributed by atoms with Gasteiger partial charge in [-0.25, -0.2) is 9.69 Å². The predicted octanol–water partition coefficient (Wildman–Crippen LogP) is 1.18. The Morgan fingerprint density at radius 2 is 1.83 bits per heavy atom. The van der Waals surface area contributed by atoms with E-state index in [0.29, 0.717) is 17.0 Å². The average Bonchev–Trinajstić information content (AvgIpc) is 2.66. The number of nitrogens with zero attached hydrogens (tertiary/aromatic N) is 1. The van der Waals surface area contributed by atoms with Crippen LogP contribution >= 0.6 is 0 Å². The number of nitrogens with one attached hydrogen (secondary N) is 1. The van der Waals surface area contributed by atoms with Gasteiger partial charge in [-0.1, -0.05) is 24.3 Å². The quantitative estimate of drug-likeness (QED) is 0.602. The van der Waals surface area contributed by atoms with Gasteiger partial charge in [0.1, 0.15) is 17.4 Å². The van der Waals surface area contributed by atoms with Gasteiger partial charge in [0.15, 0.2) is 0 Å². The van der Waals surface area contributed by atoms with Crippen LogP contribution in [0.15, 0.2) is 54.1 Å². The number of anilines is 1. The molecule has 1 heterocycles. The molecule has 1 N–H and O–H groups in total. The second-order valence-corrected chi connectivity index (χ2v) is 6.45. The van der Waals surface area contributed by atoms with Crippen molar-refractivity contribution in [1.29, 1.82) is 0 Å². The Hall–Kier alpha value is -3.94. The third-order valence-corrected chi connectivity index (χ3v) is 4.20. The third-order valence-electron chi connectivity index (χ3n) is 4.20. The largest absolute Gasteiger partial charge is 0.546 e. The van der Waals surface area contributed by atoms with Crippen LogP contribution in [-0.4, -0.2) is 29.9 Å². The molecule has 0 aliphatic carbocycles. The van der Waals surface area contributed by atoms with Crippen molar-refractivity contribution in [2.24, 2.45) is 0 Å². The van der Waals surface area contributed by atoms with E-state index < -0.39 is 29.9 Å². The molecule has 0 radical (unpaired) electrons. The van der Waals surface area contributed by atoms with E-state index in [-0.39, 0.29) is 5.57 Å². The Bertz CT molecular complexity index is 1030. The molecule has 148 valence electrons. The maximum absolute atomic E-state index is 12.8. The van der Waals surface area contributed by atoms with Crippen molar-refractivity contribution in [2.45, 2.75) is 20.0 Å². The molecule has 0 saturated carbocycles. The van der Waals surface area contributed by atoms with Crippen molar-refractivity contribution in [3.63, 3.8) is 0 Å². The van der Waals surface area contributed by atoms with Gasteiger partial charge in [-0.3, -0.25) is 14.9 Å². The molecule has 4 amide bonds. The second-order valence-electron chi connectivity index (χ2n) is 6.45. The zero-order valence-corrected chi connectivity index (χ0v) is 15.7. The molecule has 8 nitrogen and oxygen atoms in total. The molecular formula is C21H17N2O6-. The van der Waals surface area contributed by atoms with E-state index in [2.05, 4.69) is 5.32 Å². The number of imide groups is 2. The van der Waals surface area contributed by atoms with Crippen molar-refractivity contribution in [3.8, 4) is 5.75 Å². The van der Waals surface area contributed by atoms with Gasteiger partial charge in [0.05, 0.1) is 11.7 Å². The molecule has 0 bridgehead atoms. The molecule has 1 aliphatic rings. The molecule has 0 aromatic heterocycles. The van der Waals surface area contributed by atoms with Crippen molar-refractivity contribution in [1.82, 2.24) is 5.32 Å². The molecule has 1 atom stereocenters. The van der Waals surface area contributed by atoms with Gasteiger partial charge in [-0.15, -0.1) is 0 Å². The summed E-state index contributed by atoms with van der Waals surface area (Å²) in [5, 5.41) is 12.9. The topological polar surface area (TPSA) is 116 Å². The first-order valence-corrected chi connectivity index (χ1v) is 8.72. The number of barbiturate groups is 1. The van der Waals surface area contributed by atoms with Crippen LogP contribution in [0.1, 0.15) is 18.1 Å². The number of carbonyl (C=O) groups is 4. The van der Waals surface area contributed by atoms with Crippen molar-refractivity contribution in [2.75, 3.05) is 4.90 Å². The number of rotatable bonds is 5. The molecule has 1 aliphatic heterocycles.